The second-order valence-corrected chi connectivity index (χ2v) is 7.18. The standard InChI is InChI=1S/C21H22N4O2/c26-21-25(18-8-12-24-13-9-22-20(24)14-18)19(15-27-21)16-4-6-17(7-5-16)23-10-2-1-3-11-23/h4-9,12-14,19H,1-3,10-11,15H2/t19-/m1/s1. The van der Waals surface area contributed by atoms with Gasteiger partial charge in [0, 0.05) is 43.4 Å². The summed E-state index contributed by atoms with van der Waals surface area (Å²) in [7, 11) is 0. The van der Waals surface area contributed by atoms with E-state index in [0.717, 1.165) is 30.0 Å². The molecular weight excluding hydrogens is 340 g/mol. The van der Waals surface area contributed by atoms with Gasteiger partial charge in [-0.2, -0.15) is 0 Å². The number of amides is 1. The lowest BCUT2D eigenvalue weighted by atomic mass is 10.0. The molecule has 0 radical (unpaired) electrons. The van der Waals surface area contributed by atoms with Gasteiger partial charge in [-0.25, -0.2) is 9.78 Å². The van der Waals surface area contributed by atoms with Crippen molar-refractivity contribution in [3.8, 4) is 0 Å². The van der Waals surface area contributed by atoms with Gasteiger partial charge in [-0.15, -0.1) is 0 Å². The molecule has 0 spiro atoms. The van der Waals surface area contributed by atoms with Crippen molar-refractivity contribution in [2.24, 2.45) is 0 Å². The lowest BCUT2D eigenvalue weighted by Gasteiger charge is -2.29. The van der Waals surface area contributed by atoms with Gasteiger partial charge in [0.05, 0.1) is 11.7 Å². The van der Waals surface area contributed by atoms with Gasteiger partial charge in [0.15, 0.2) is 0 Å². The Morgan fingerprint density at radius 1 is 0.963 bits per heavy atom. The molecule has 1 atom stereocenters. The Hall–Kier alpha value is -3.02. The van der Waals surface area contributed by atoms with Crippen LogP contribution < -0.4 is 9.80 Å². The first-order chi connectivity index (χ1) is 13.3. The summed E-state index contributed by atoms with van der Waals surface area (Å²) in [5.41, 5.74) is 3.96. The number of benzene rings is 1. The van der Waals surface area contributed by atoms with Crippen molar-refractivity contribution < 1.29 is 9.53 Å². The normalized spacial score (nSPS) is 20.3. The van der Waals surface area contributed by atoms with Crippen LogP contribution in [0, 0.1) is 0 Å². The molecule has 2 fully saturated rings. The number of carbonyl (C=O) groups is 1. The average Bonchev–Trinajstić information content (AvgIpc) is 3.34. The Kier molecular flexibility index (Phi) is 3.96. The second kappa shape index (κ2) is 6.61. The van der Waals surface area contributed by atoms with Crippen LogP contribution >= 0.6 is 0 Å². The first-order valence-electron chi connectivity index (χ1n) is 9.53. The van der Waals surface area contributed by atoms with Crippen molar-refractivity contribution >= 4 is 23.1 Å². The molecule has 138 valence electrons. The van der Waals surface area contributed by atoms with Crippen molar-refractivity contribution in [3.05, 3.63) is 60.6 Å². The summed E-state index contributed by atoms with van der Waals surface area (Å²) in [6, 6.07) is 12.3. The molecule has 2 aromatic heterocycles. The van der Waals surface area contributed by atoms with Crippen LogP contribution in [0.2, 0.25) is 0 Å². The van der Waals surface area contributed by atoms with Crippen LogP contribution in [0.4, 0.5) is 16.2 Å². The molecule has 1 amide bonds. The van der Waals surface area contributed by atoms with E-state index in [-0.39, 0.29) is 12.1 Å². The average molecular weight is 362 g/mol. The maximum absolute atomic E-state index is 12.4. The molecule has 0 bridgehead atoms. The minimum atomic E-state index is -0.309. The van der Waals surface area contributed by atoms with Crippen LogP contribution in [-0.2, 0) is 4.74 Å². The maximum atomic E-state index is 12.4. The number of piperidine rings is 1. The highest BCUT2D eigenvalue weighted by Gasteiger charge is 2.35. The van der Waals surface area contributed by atoms with Crippen molar-refractivity contribution in [2.75, 3.05) is 29.5 Å². The Labute approximate surface area is 158 Å². The van der Waals surface area contributed by atoms with Crippen LogP contribution in [0.5, 0.6) is 0 Å². The fraction of sp³-hybridized carbons (Fsp3) is 0.333. The quantitative estimate of drug-likeness (QED) is 0.706. The summed E-state index contributed by atoms with van der Waals surface area (Å²) >= 11 is 0. The van der Waals surface area contributed by atoms with Gasteiger partial charge in [0.25, 0.3) is 0 Å². The number of ether oxygens (including phenoxy) is 1. The number of pyridine rings is 1. The predicted molar refractivity (Wildman–Crippen MR) is 104 cm³/mol. The Morgan fingerprint density at radius 3 is 2.59 bits per heavy atom. The van der Waals surface area contributed by atoms with Gasteiger partial charge in [-0.05, 0) is 43.0 Å². The number of hydrogen-bond donors (Lipinski definition) is 0. The predicted octanol–water partition coefficient (Wildman–Crippen LogP) is 4.02. The van der Waals surface area contributed by atoms with Gasteiger partial charge < -0.3 is 14.0 Å². The van der Waals surface area contributed by atoms with E-state index in [2.05, 4.69) is 34.1 Å². The number of fused-ring (bicyclic) bond motifs is 1. The monoisotopic (exact) mass is 362 g/mol. The van der Waals surface area contributed by atoms with E-state index in [0.29, 0.717) is 6.61 Å². The number of imidazole rings is 1. The Balaban J connectivity index is 1.43. The third-order valence-corrected chi connectivity index (χ3v) is 5.53. The van der Waals surface area contributed by atoms with E-state index in [4.69, 9.17) is 4.74 Å². The van der Waals surface area contributed by atoms with Crippen LogP contribution in [0.15, 0.2) is 55.0 Å². The molecule has 2 saturated heterocycles. The minimum absolute atomic E-state index is 0.120. The summed E-state index contributed by atoms with van der Waals surface area (Å²) in [6.07, 6.45) is 9.09. The highest BCUT2D eigenvalue weighted by atomic mass is 16.6. The molecule has 4 heterocycles. The van der Waals surface area contributed by atoms with E-state index in [1.165, 1.54) is 24.9 Å². The zero-order chi connectivity index (χ0) is 18.2. The minimum Gasteiger partial charge on any atom is -0.447 e. The van der Waals surface area contributed by atoms with E-state index < -0.39 is 0 Å². The number of hydrogen-bond acceptors (Lipinski definition) is 4. The lowest BCUT2D eigenvalue weighted by Crippen LogP contribution is -2.29. The zero-order valence-electron chi connectivity index (χ0n) is 15.1. The lowest BCUT2D eigenvalue weighted by molar-refractivity contribution is 0.179. The van der Waals surface area contributed by atoms with Crippen LogP contribution in [0.1, 0.15) is 30.9 Å². The molecular formula is C21H22N4O2. The number of rotatable bonds is 3. The van der Waals surface area contributed by atoms with Crippen LogP contribution in [0.25, 0.3) is 5.65 Å². The molecule has 0 N–H and O–H groups in total. The summed E-state index contributed by atoms with van der Waals surface area (Å²) < 4.78 is 7.30. The van der Waals surface area contributed by atoms with E-state index in [1.54, 1.807) is 11.1 Å². The largest absolute Gasteiger partial charge is 0.447 e. The zero-order valence-corrected chi connectivity index (χ0v) is 15.1. The summed E-state index contributed by atoms with van der Waals surface area (Å²) in [5, 5.41) is 0. The van der Waals surface area contributed by atoms with Gasteiger partial charge in [0.1, 0.15) is 12.3 Å². The Morgan fingerprint density at radius 2 is 1.78 bits per heavy atom. The fourth-order valence-electron chi connectivity index (χ4n) is 4.06. The topological polar surface area (TPSA) is 50.1 Å². The van der Waals surface area contributed by atoms with Crippen molar-refractivity contribution in [3.63, 3.8) is 0 Å². The summed E-state index contributed by atoms with van der Waals surface area (Å²) in [6.45, 7) is 2.61. The highest BCUT2D eigenvalue weighted by Crippen LogP contribution is 2.34. The molecule has 2 aliphatic heterocycles. The van der Waals surface area contributed by atoms with Gasteiger partial charge >= 0.3 is 6.09 Å². The van der Waals surface area contributed by atoms with E-state index in [9.17, 15) is 4.79 Å². The Bertz CT molecular complexity index is 960. The number of aromatic nitrogens is 2. The van der Waals surface area contributed by atoms with Crippen LogP contribution in [0.3, 0.4) is 0 Å². The van der Waals surface area contributed by atoms with Gasteiger partial charge in [-0.3, -0.25) is 4.90 Å². The van der Waals surface area contributed by atoms with Crippen molar-refractivity contribution in [1.82, 2.24) is 9.38 Å². The SMILES string of the molecule is O=C1OC[C@H](c2ccc(N3CCCCC3)cc2)N1c1ccn2ccnc2c1. The number of cyclic esters (lactones) is 1. The first-order valence-corrected chi connectivity index (χ1v) is 9.53. The van der Waals surface area contributed by atoms with E-state index >= 15 is 0 Å². The molecule has 27 heavy (non-hydrogen) atoms. The molecule has 0 saturated carbocycles. The third kappa shape index (κ3) is 2.91. The van der Waals surface area contributed by atoms with E-state index in [1.807, 2.05) is 28.9 Å². The van der Waals surface area contributed by atoms with Crippen molar-refractivity contribution in [2.45, 2.75) is 25.3 Å². The van der Waals surface area contributed by atoms with Gasteiger partial charge in [0.2, 0.25) is 0 Å². The van der Waals surface area contributed by atoms with Gasteiger partial charge in [-0.1, -0.05) is 12.1 Å². The molecule has 5 rings (SSSR count). The molecule has 0 unspecified atom stereocenters. The maximum Gasteiger partial charge on any atom is 0.415 e. The molecule has 0 aliphatic carbocycles. The molecule has 3 aromatic rings. The number of anilines is 2. The third-order valence-electron chi connectivity index (χ3n) is 5.53. The summed E-state index contributed by atoms with van der Waals surface area (Å²) in [5.74, 6) is 0. The number of carbonyl (C=O) groups excluding carboxylic acids is 1. The molecule has 6 heteroatoms. The second-order valence-electron chi connectivity index (χ2n) is 7.18. The molecule has 6 nitrogen and oxygen atoms in total. The smallest absolute Gasteiger partial charge is 0.415 e. The fourth-order valence-corrected chi connectivity index (χ4v) is 4.06. The van der Waals surface area contributed by atoms with Crippen LogP contribution in [-0.4, -0.2) is 35.2 Å². The molecule has 2 aliphatic rings. The summed E-state index contributed by atoms with van der Waals surface area (Å²) in [4.78, 5) is 20.9. The van der Waals surface area contributed by atoms with Crippen molar-refractivity contribution in [1.29, 1.82) is 0 Å². The first kappa shape index (κ1) is 16.2. The number of nitrogens with zero attached hydrogens (tertiary/aromatic N) is 4. The highest BCUT2D eigenvalue weighted by molar-refractivity contribution is 5.91. The molecule has 1 aromatic carbocycles.